The minimum atomic E-state index is -2.77. The molecule has 5 heteroatoms. The number of nitrogens with one attached hydrogen (secondary N) is 1. The highest BCUT2D eigenvalue weighted by atomic mass is 32.2. The lowest BCUT2D eigenvalue weighted by molar-refractivity contribution is 0.435. The zero-order chi connectivity index (χ0) is 10.2. The van der Waals surface area contributed by atoms with E-state index in [1.54, 1.807) is 0 Å². The monoisotopic (exact) mass is 218 g/mol. The van der Waals surface area contributed by atoms with Crippen LogP contribution in [0.1, 0.15) is 19.3 Å². The summed E-state index contributed by atoms with van der Waals surface area (Å²) in [6.45, 7) is 0.769. The van der Waals surface area contributed by atoms with Crippen molar-refractivity contribution >= 4 is 9.84 Å². The Kier molecular flexibility index (Phi) is 2.81. The lowest BCUT2D eigenvalue weighted by Gasteiger charge is -2.17. The first kappa shape index (κ1) is 10.4. The molecule has 4 nitrogen and oxygen atoms in total. The van der Waals surface area contributed by atoms with Crippen LogP contribution < -0.4 is 11.1 Å². The van der Waals surface area contributed by atoms with Gasteiger partial charge in [0.15, 0.2) is 9.84 Å². The molecule has 0 bridgehead atoms. The standard InChI is InChI=1S/C9H18N2O2S/c10-9(5-11-8-1-2-8)7-3-4-14(12,13)6-7/h7-9,11H,1-6,10H2. The molecular weight excluding hydrogens is 200 g/mol. The molecule has 1 saturated heterocycles. The van der Waals surface area contributed by atoms with Gasteiger partial charge in [-0.1, -0.05) is 0 Å². The Balaban J connectivity index is 1.77. The molecule has 2 rings (SSSR count). The fourth-order valence-electron chi connectivity index (χ4n) is 1.92. The Hall–Kier alpha value is -0.130. The Labute approximate surface area is 85.2 Å². The van der Waals surface area contributed by atoms with Crippen LogP contribution in [0.25, 0.3) is 0 Å². The predicted molar refractivity (Wildman–Crippen MR) is 55.8 cm³/mol. The van der Waals surface area contributed by atoms with Gasteiger partial charge in [0, 0.05) is 18.6 Å². The van der Waals surface area contributed by atoms with E-state index in [1.807, 2.05) is 0 Å². The summed E-state index contributed by atoms with van der Waals surface area (Å²) in [6.07, 6.45) is 3.24. The average Bonchev–Trinajstić information content (AvgIpc) is 2.86. The number of sulfone groups is 1. The molecule has 1 heterocycles. The van der Waals surface area contributed by atoms with Crippen molar-refractivity contribution in [2.24, 2.45) is 11.7 Å². The maximum absolute atomic E-state index is 11.2. The van der Waals surface area contributed by atoms with Crippen molar-refractivity contribution in [3.63, 3.8) is 0 Å². The van der Waals surface area contributed by atoms with Crippen LogP contribution in [0.15, 0.2) is 0 Å². The van der Waals surface area contributed by atoms with Crippen molar-refractivity contribution in [1.29, 1.82) is 0 Å². The minimum Gasteiger partial charge on any atom is -0.326 e. The van der Waals surface area contributed by atoms with E-state index in [1.165, 1.54) is 12.8 Å². The largest absolute Gasteiger partial charge is 0.326 e. The molecule has 0 aromatic heterocycles. The van der Waals surface area contributed by atoms with Gasteiger partial charge in [-0.2, -0.15) is 0 Å². The molecule has 2 unspecified atom stereocenters. The van der Waals surface area contributed by atoms with Gasteiger partial charge in [-0.25, -0.2) is 8.42 Å². The summed E-state index contributed by atoms with van der Waals surface area (Å²) in [5.41, 5.74) is 5.95. The molecule has 2 fully saturated rings. The van der Waals surface area contributed by atoms with Crippen molar-refractivity contribution < 1.29 is 8.42 Å². The van der Waals surface area contributed by atoms with Crippen molar-refractivity contribution in [2.45, 2.75) is 31.3 Å². The van der Waals surface area contributed by atoms with Gasteiger partial charge in [0.2, 0.25) is 0 Å². The van der Waals surface area contributed by atoms with Gasteiger partial charge in [-0.05, 0) is 25.2 Å². The van der Waals surface area contributed by atoms with Crippen molar-refractivity contribution in [3.05, 3.63) is 0 Å². The average molecular weight is 218 g/mol. The van der Waals surface area contributed by atoms with Gasteiger partial charge in [0.05, 0.1) is 11.5 Å². The Bertz CT molecular complexity index is 298. The molecule has 0 radical (unpaired) electrons. The molecule has 14 heavy (non-hydrogen) atoms. The number of hydrogen-bond donors (Lipinski definition) is 2. The first-order valence-electron chi connectivity index (χ1n) is 5.26. The van der Waals surface area contributed by atoms with E-state index in [0.717, 1.165) is 13.0 Å². The Morgan fingerprint density at radius 3 is 2.57 bits per heavy atom. The third-order valence-electron chi connectivity index (χ3n) is 3.09. The maximum atomic E-state index is 11.2. The normalized spacial score (nSPS) is 33.1. The molecule has 0 amide bonds. The third-order valence-corrected chi connectivity index (χ3v) is 4.89. The topological polar surface area (TPSA) is 72.2 Å². The van der Waals surface area contributed by atoms with E-state index in [9.17, 15) is 8.42 Å². The molecule has 0 aromatic rings. The molecule has 0 spiro atoms. The molecule has 1 aliphatic heterocycles. The number of nitrogens with two attached hydrogens (primary N) is 1. The van der Waals surface area contributed by atoms with Gasteiger partial charge in [-0.15, -0.1) is 0 Å². The smallest absolute Gasteiger partial charge is 0.150 e. The summed E-state index contributed by atoms with van der Waals surface area (Å²) in [6, 6.07) is 0.659. The molecule has 3 N–H and O–H groups in total. The van der Waals surface area contributed by atoms with Crippen LogP contribution in [0.5, 0.6) is 0 Å². The van der Waals surface area contributed by atoms with Gasteiger partial charge < -0.3 is 11.1 Å². The summed E-state index contributed by atoms with van der Waals surface area (Å²) in [5.74, 6) is 0.793. The summed E-state index contributed by atoms with van der Waals surface area (Å²) in [5, 5.41) is 3.34. The lowest BCUT2D eigenvalue weighted by Crippen LogP contribution is -2.41. The Morgan fingerprint density at radius 1 is 1.36 bits per heavy atom. The molecule has 82 valence electrons. The van der Waals surface area contributed by atoms with E-state index >= 15 is 0 Å². The number of hydrogen-bond acceptors (Lipinski definition) is 4. The summed E-state index contributed by atoms with van der Waals surface area (Å²) < 4.78 is 22.4. The SMILES string of the molecule is NC(CNC1CC1)C1CCS(=O)(=O)C1. The van der Waals surface area contributed by atoms with Crippen LogP contribution in [0, 0.1) is 5.92 Å². The second-order valence-electron chi connectivity index (χ2n) is 4.51. The maximum Gasteiger partial charge on any atom is 0.150 e. The second kappa shape index (κ2) is 3.79. The predicted octanol–water partition coefficient (Wildman–Crippen LogP) is -0.500. The minimum absolute atomic E-state index is 0.00729. The fraction of sp³-hybridized carbons (Fsp3) is 1.00. The highest BCUT2D eigenvalue weighted by Crippen LogP contribution is 2.22. The van der Waals surface area contributed by atoms with Gasteiger partial charge >= 0.3 is 0 Å². The van der Waals surface area contributed by atoms with Gasteiger partial charge in [0.25, 0.3) is 0 Å². The summed E-state index contributed by atoms with van der Waals surface area (Å²) in [4.78, 5) is 0. The zero-order valence-corrected chi connectivity index (χ0v) is 9.09. The van der Waals surface area contributed by atoms with Gasteiger partial charge in [0.1, 0.15) is 0 Å². The van der Waals surface area contributed by atoms with E-state index in [4.69, 9.17) is 5.73 Å². The third kappa shape index (κ3) is 2.68. The van der Waals surface area contributed by atoms with E-state index < -0.39 is 9.84 Å². The first-order valence-corrected chi connectivity index (χ1v) is 7.08. The van der Waals surface area contributed by atoms with Gasteiger partial charge in [-0.3, -0.25) is 0 Å². The second-order valence-corrected chi connectivity index (χ2v) is 6.74. The van der Waals surface area contributed by atoms with Crippen LogP contribution in [0.2, 0.25) is 0 Å². The van der Waals surface area contributed by atoms with Crippen LogP contribution in [0.4, 0.5) is 0 Å². The van der Waals surface area contributed by atoms with Crippen molar-refractivity contribution in [1.82, 2.24) is 5.32 Å². The quantitative estimate of drug-likeness (QED) is 0.667. The van der Waals surface area contributed by atoms with Crippen LogP contribution in [0.3, 0.4) is 0 Å². The van der Waals surface area contributed by atoms with E-state index in [2.05, 4.69) is 5.32 Å². The van der Waals surface area contributed by atoms with Crippen LogP contribution in [-0.2, 0) is 9.84 Å². The van der Waals surface area contributed by atoms with E-state index in [-0.39, 0.29) is 12.0 Å². The highest BCUT2D eigenvalue weighted by molar-refractivity contribution is 7.91. The fourth-order valence-corrected chi connectivity index (χ4v) is 3.81. The highest BCUT2D eigenvalue weighted by Gasteiger charge is 2.32. The summed E-state index contributed by atoms with van der Waals surface area (Å²) in [7, 11) is -2.77. The molecule has 1 saturated carbocycles. The van der Waals surface area contributed by atoms with Crippen molar-refractivity contribution in [3.8, 4) is 0 Å². The first-order chi connectivity index (χ1) is 6.57. The summed E-state index contributed by atoms with van der Waals surface area (Å²) >= 11 is 0. The van der Waals surface area contributed by atoms with Crippen LogP contribution >= 0.6 is 0 Å². The molecule has 2 aliphatic rings. The van der Waals surface area contributed by atoms with Crippen molar-refractivity contribution in [2.75, 3.05) is 18.1 Å². The lowest BCUT2D eigenvalue weighted by atomic mass is 10.0. The molecule has 2 atom stereocenters. The zero-order valence-electron chi connectivity index (χ0n) is 8.28. The number of rotatable bonds is 4. The Morgan fingerprint density at radius 2 is 2.07 bits per heavy atom. The van der Waals surface area contributed by atoms with E-state index in [0.29, 0.717) is 17.5 Å². The molecule has 1 aliphatic carbocycles. The molecular formula is C9H18N2O2S. The van der Waals surface area contributed by atoms with Crippen LogP contribution in [-0.4, -0.2) is 38.6 Å². The molecule has 0 aromatic carbocycles.